The largest absolute Gasteiger partial charge is 0.289 e. The molecule has 0 saturated heterocycles. The summed E-state index contributed by atoms with van der Waals surface area (Å²) in [6.45, 7) is 12.9. The number of hydrogen-bond acceptors (Lipinski definition) is 1. The summed E-state index contributed by atoms with van der Waals surface area (Å²) in [7, 11) is 0. The lowest BCUT2D eigenvalue weighted by Crippen LogP contribution is -2.34. The molecule has 0 aromatic rings. The minimum absolute atomic E-state index is 0.0634. The van der Waals surface area contributed by atoms with Gasteiger partial charge >= 0.3 is 0 Å². The van der Waals surface area contributed by atoms with Gasteiger partial charge in [0, 0.05) is 16.6 Å². The maximum absolute atomic E-state index is 12.9. The molecule has 0 unspecified atom stereocenters. The van der Waals surface area contributed by atoms with Gasteiger partial charge in [0.1, 0.15) is 0 Å². The van der Waals surface area contributed by atoms with E-state index in [0.717, 1.165) is 30.4 Å². The smallest absolute Gasteiger partial charge is 0.185 e. The van der Waals surface area contributed by atoms with E-state index in [1.54, 1.807) is 0 Å². The first kappa shape index (κ1) is 15.3. The Morgan fingerprint density at radius 1 is 0.900 bits per heavy atom. The number of carbonyl (C=O) groups excluding carboxylic acids is 1. The van der Waals surface area contributed by atoms with E-state index in [2.05, 4.69) is 65.8 Å². The molecule has 110 valence electrons. The van der Waals surface area contributed by atoms with E-state index < -0.39 is 0 Å². The summed E-state index contributed by atoms with van der Waals surface area (Å²) in [5.41, 5.74) is 1.89. The second-order valence-electron chi connectivity index (χ2n) is 8.39. The van der Waals surface area contributed by atoms with Gasteiger partial charge in [0.15, 0.2) is 5.78 Å². The van der Waals surface area contributed by atoms with Gasteiger partial charge in [-0.1, -0.05) is 65.8 Å². The molecule has 0 N–H and O–H groups in total. The molecule has 0 aromatic heterocycles. The van der Waals surface area contributed by atoms with Crippen LogP contribution in [0.5, 0.6) is 0 Å². The predicted octanol–water partition coefficient (Wildman–Crippen LogP) is 5.24. The summed E-state index contributed by atoms with van der Waals surface area (Å²) in [4.78, 5) is 12.9. The van der Waals surface area contributed by atoms with Crippen molar-refractivity contribution in [3.63, 3.8) is 0 Å². The van der Waals surface area contributed by atoms with Crippen LogP contribution >= 0.6 is 0 Å². The van der Waals surface area contributed by atoms with Crippen molar-refractivity contribution in [2.24, 2.45) is 16.2 Å². The van der Waals surface area contributed by atoms with E-state index in [1.807, 2.05) is 0 Å². The minimum atomic E-state index is -0.0873. The molecule has 0 amide bonds. The van der Waals surface area contributed by atoms with Crippen LogP contribution in [-0.4, -0.2) is 5.78 Å². The number of carbonyl (C=O) groups is 1. The van der Waals surface area contributed by atoms with Crippen LogP contribution in [0.2, 0.25) is 0 Å². The van der Waals surface area contributed by atoms with Crippen molar-refractivity contribution in [1.82, 2.24) is 0 Å². The summed E-state index contributed by atoms with van der Waals surface area (Å²) < 4.78 is 0. The Kier molecular flexibility index (Phi) is 3.60. The summed E-state index contributed by atoms with van der Waals surface area (Å²) in [5.74, 6) is 0.255. The molecule has 0 heterocycles. The fourth-order valence-corrected chi connectivity index (χ4v) is 3.14. The molecule has 0 bridgehead atoms. The number of ketones is 1. The van der Waals surface area contributed by atoms with Crippen molar-refractivity contribution in [3.05, 3.63) is 35.5 Å². The molecule has 2 rings (SSSR count). The standard InChI is InChI=1S/C19H28O/c1-17(2,3)14-12-19(10-8-7-9-11-19)13-15(16(14)20)18(4,5)6/h7-8,12-13H,9-11H2,1-6H3. The fraction of sp³-hybridized carbons (Fsp3) is 0.632. The molecule has 0 saturated carbocycles. The highest BCUT2D eigenvalue weighted by molar-refractivity contribution is 6.10. The van der Waals surface area contributed by atoms with E-state index >= 15 is 0 Å². The molecular formula is C19H28O. The molecule has 0 radical (unpaired) electrons. The second-order valence-corrected chi connectivity index (χ2v) is 8.39. The Morgan fingerprint density at radius 3 is 1.75 bits per heavy atom. The van der Waals surface area contributed by atoms with Crippen LogP contribution < -0.4 is 0 Å². The number of allylic oxidation sites excluding steroid dienone is 6. The van der Waals surface area contributed by atoms with E-state index in [9.17, 15) is 4.79 Å². The Hall–Kier alpha value is -1.11. The zero-order chi connectivity index (χ0) is 15.2. The first-order chi connectivity index (χ1) is 9.05. The topological polar surface area (TPSA) is 17.1 Å². The summed E-state index contributed by atoms with van der Waals surface area (Å²) in [5, 5.41) is 0. The third-order valence-electron chi connectivity index (χ3n) is 4.41. The SMILES string of the molecule is CC(C)(C)C1=CC2(C=C(C(C)(C)C)C1=O)CC=CCC2. The summed E-state index contributed by atoms with van der Waals surface area (Å²) >= 11 is 0. The van der Waals surface area contributed by atoms with Crippen LogP contribution in [0.25, 0.3) is 0 Å². The Bertz CT molecular complexity index is 467. The van der Waals surface area contributed by atoms with E-state index in [0.29, 0.717) is 0 Å². The van der Waals surface area contributed by atoms with Crippen molar-refractivity contribution in [1.29, 1.82) is 0 Å². The van der Waals surface area contributed by atoms with Gasteiger partial charge in [-0.2, -0.15) is 0 Å². The zero-order valence-corrected chi connectivity index (χ0v) is 13.8. The molecule has 2 aliphatic rings. The van der Waals surface area contributed by atoms with E-state index in [4.69, 9.17) is 0 Å². The van der Waals surface area contributed by atoms with Gasteiger partial charge in [0.25, 0.3) is 0 Å². The van der Waals surface area contributed by atoms with Crippen LogP contribution in [0.3, 0.4) is 0 Å². The van der Waals surface area contributed by atoms with E-state index in [-0.39, 0.29) is 22.0 Å². The highest BCUT2D eigenvalue weighted by Gasteiger charge is 2.40. The number of hydrogen-bond donors (Lipinski definition) is 0. The first-order valence-electron chi connectivity index (χ1n) is 7.72. The molecule has 20 heavy (non-hydrogen) atoms. The average molecular weight is 272 g/mol. The Balaban J connectivity index is 2.56. The van der Waals surface area contributed by atoms with Crippen molar-refractivity contribution in [2.45, 2.75) is 60.8 Å². The third-order valence-corrected chi connectivity index (χ3v) is 4.41. The zero-order valence-electron chi connectivity index (χ0n) is 13.8. The van der Waals surface area contributed by atoms with Gasteiger partial charge in [0.05, 0.1) is 0 Å². The molecule has 1 heteroatoms. The molecule has 0 atom stereocenters. The van der Waals surface area contributed by atoms with Gasteiger partial charge in [-0.05, 0) is 30.1 Å². The lowest BCUT2D eigenvalue weighted by atomic mass is 9.63. The fourth-order valence-electron chi connectivity index (χ4n) is 3.14. The Morgan fingerprint density at radius 2 is 1.40 bits per heavy atom. The first-order valence-corrected chi connectivity index (χ1v) is 7.72. The quantitative estimate of drug-likeness (QED) is 0.551. The summed E-state index contributed by atoms with van der Waals surface area (Å²) in [6.07, 6.45) is 12.3. The monoisotopic (exact) mass is 272 g/mol. The third kappa shape index (κ3) is 2.82. The molecule has 0 aliphatic heterocycles. The molecule has 0 fully saturated rings. The van der Waals surface area contributed by atoms with Crippen molar-refractivity contribution in [3.8, 4) is 0 Å². The molecule has 1 spiro atoms. The van der Waals surface area contributed by atoms with Gasteiger partial charge in [-0.15, -0.1) is 0 Å². The molecule has 2 aliphatic carbocycles. The van der Waals surface area contributed by atoms with Crippen molar-refractivity contribution >= 4 is 5.78 Å². The number of rotatable bonds is 0. The van der Waals surface area contributed by atoms with Gasteiger partial charge in [-0.3, -0.25) is 4.79 Å². The lowest BCUT2D eigenvalue weighted by molar-refractivity contribution is -0.114. The molecular weight excluding hydrogens is 244 g/mol. The van der Waals surface area contributed by atoms with Crippen molar-refractivity contribution < 1.29 is 4.79 Å². The Labute approximate surface area is 123 Å². The highest BCUT2D eigenvalue weighted by Crippen LogP contribution is 2.47. The minimum Gasteiger partial charge on any atom is -0.289 e. The maximum atomic E-state index is 12.9. The van der Waals surface area contributed by atoms with Gasteiger partial charge in [0.2, 0.25) is 0 Å². The molecule has 0 aromatic carbocycles. The van der Waals surface area contributed by atoms with Crippen LogP contribution in [0.1, 0.15) is 60.8 Å². The predicted molar refractivity (Wildman–Crippen MR) is 85.5 cm³/mol. The molecule has 1 nitrogen and oxygen atoms in total. The van der Waals surface area contributed by atoms with Gasteiger partial charge in [-0.25, -0.2) is 0 Å². The normalized spacial score (nSPS) is 22.8. The van der Waals surface area contributed by atoms with Crippen molar-refractivity contribution in [2.75, 3.05) is 0 Å². The highest BCUT2D eigenvalue weighted by atomic mass is 16.1. The summed E-state index contributed by atoms with van der Waals surface area (Å²) in [6, 6.07) is 0. The maximum Gasteiger partial charge on any atom is 0.185 e. The van der Waals surface area contributed by atoms with Crippen LogP contribution in [0.15, 0.2) is 35.5 Å². The van der Waals surface area contributed by atoms with Gasteiger partial charge < -0.3 is 0 Å². The van der Waals surface area contributed by atoms with Crippen LogP contribution in [0.4, 0.5) is 0 Å². The van der Waals surface area contributed by atoms with Crippen LogP contribution in [0, 0.1) is 16.2 Å². The van der Waals surface area contributed by atoms with Crippen LogP contribution in [-0.2, 0) is 4.79 Å². The average Bonchev–Trinajstić information content (AvgIpc) is 2.30. The van der Waals surface area contributed by atoms with E-state index in [1.165, 1.54) is 0 Å². The lowest BCUT2D eigenvalue weighted by Gasteiger charge is -2.40. The second kappa shape index (κ2) is 4.72. The number of Topliss-reactive ketones (excluding diaryl/α,β-unsaturated/α-hetero) is 1.